The number of para-hydroxylation sites is 5. The molecule has 0 radical (unpaired) electrons. The van der Waals surface area contributed by atoms with E-state index in [1.807, 2.05) is 48.5 Å². The first-order chi connectivity index (χ1) is 33.1. The van der Waals surface area contributed by atoms with Gasteiger partial charge in [-0.25, -0.2) is 0 Å². The number of phenolic OH excluding ortho intramolecular Hbond substituents is 2. The van der Waals surface area contributed by atoms with Gasteiger partial charge in [-0.2, -0.15) is 0 Å². The smallest absolute Gasteiger partial charge is 0.162 e. The van der Waals surface area contributed by atoms with E-state index in [0.29, 0.717) is 28.9 Å². The third-order valence-corrected chi connectivity index (χ3v) is 14.5. The maximum absolute atomic E-state index is 12.7. The summed E-state index contributed by atoms with van der Waals surface area (Å²) in [7, 11) is 0. The Hall–Kier alpha value is -7.76. The number of hydrogen-bond donors (Lipinski definition) is 2. The topological polar surface area (TPSA) is 60.1 Å². The highest BCUT2D eigenvalue weighted by Crippen LogP contribution is 2.56. The molecule has 2 fully saturated rings. The van der Waals surface area contributed by atoms with Gasteiger partial charge in [-0.15, -0.1) is 0 Å². The number of furan rings is 1. The van der Waals surface area contributed by atoms with Crippen LogP contribution in [-0.4, -0.2) is 10.2 Å². The first-order valence-corrected chi connectivity index (χ1v) is 24.0. The molecule has 0 amide bonds. The molecule has 0 spiro atoms. The third kappa shape index (κ3) is 7.17. The van der Waals surface area contributed by atoms with Gasteiger partial charge in [-0.05, 0) is 108 Å². The highest BCUT2D eigenvalue weighted by molar-refractivity contribution is 6.28. The summed E-state index contributed by atoms with van der Waals surface area (Å²) in [5.41, 5.74) is 12.7. The van der Waals surface area contributed by atoms with Crippen LogP contribution in [-0.2, 0) is 0 Å². The molecule has 2 N–H and O–H groups in total. The monoisotopic (exact) mass is 872 g/mol. The standard InChI is InChI=1S/C62H52N2O3/c65-60-49(42-21-9-10-22-42)34-17-35-50(60)45-25-16-30-48(40-45)63(46-26-3-1-4-27-46)58-52-31-11-12-32-53(52)59(62-57(58)54-33-13-14-38-56(54)67-62)64(47-28-5-2-6-29-47)55-37-18-36-51(61(55)66)44-24-15-23-43(39-44)41-19-7-8-20-41/h1-6,11-18,23-42,65-66H,7-10,19-22H2. The first kappa shape index (κ1) is 40.7. The average molecular weight is 873 g/mol. The fourth-order valence-corrected chi connectivity index (χ4v) is 11.3. The van der Waals surface area contributed by atoms with Gasteiger partial charge in [0.1, 0.15) is 17.1 Å². The van der Waals surface area contributed by atoms with Crippen LogP contribution in [0.3, 0.4) is 0 Å². The van der Waals surface area contributed by atoms with Gasteiger partial charge in [0, 0.05) is 44.3 Å². The van der Waals surface area contributed by atoms with Crippen molar-refractivity contribution in [1.29, 1.82) is 0 Å². The fraction of sp³-hybridized carbons (Fsp3) is 0.161. The maximum Gasteiger partial charge on any atom is 0.162 e. The predicted molar refractivity (Wildman–Crippen MR) is 277 cm³/mol. The molecule has 1 heterocycles. The van der Waals surface area contributed by atoms with Gasteiger partial charge < -0.3 is 24.4 Å². The molecule has 0 aliphatic heterocycles. The van der Waals surface area contributed by atoms with Crippen LogP contribution in [0, 0.1) is 0 Å². The van der Waals surface area contributed by atoms with Crippen molar-refractivity contribution >= 4 is 66.8 Å². The van der Waals surface area contributed by atoms with Crippen molar-refractivity contribution in [3.8, 4) is 33.8 Å². The zero-order valence-corrected chi connectivity index (χ0v) is 37.5. The highest BCUT2D eigenvalue weighted by atomic mass is 16.3. The van der Waals surface area contributed by atoms with Crippen molar-refractivity contribution in [2.24, 2.45) is 0 Å². The van der Waals surface area contributed by atoms with Crippen molar-refractivity contribution in [1.82, 2.24) is 0 Å². The van der Waals surface area contributed by atoms with E-state index in [-0.39, 0.29) is 5.75 Å². The van der Waals surface area contributed by atoms with E-state index in [1.54, 1.807) is 0 Å². The SMILES string of the molecule is Oc1c(-c2cccc(N(c3ccccc3)c3c4ccccc4c(N(c4ccccc4)c4cccc(-c5cccc(C6CCCC6)c5)c4O)c4oc5ccccc5c34)c2)cccc1C1CCCC1. The molecule has 2 aliphatic rings. The summed E-state index contributed by atoms with van der Waals surface area (Å²) < 4.78 is 7.19. The molecular formula is C62H52N2O3. The molecule has 67 heavy (non-hydrogen) atoms. The minimum atomic E-state index is 0.204. The van der Waals surface area contributed by atoms with Crippen LogP contribution in [0.5, 0.6) is 11.5 Å². The molecule has 0 saturated heterocycles. The molecule has 5 nitrogen and oxygen atoms in total. The molecule has 10 aromatic rings. The van der Waals surface area contributed by atoms with Gasteiger partial charge in [-0.1, -0.05) is 171 Å². The van der Waals surface area contributed by atoms with Crippen LogP contribution in [0.2, 0.25) is 0 Å². The Morgan fingerprint density at radius 1 is 0.418 bits per heavy atom. The minimum absolute atomic E-state index is 0.204. The summed E-state index contributed by atoms with van der Waals surface area (Å²) in [5, 5.41) is 28.6. The Balaban J connectivity index is 1.12. The molecule has 0 atom stereocenters. The molecule has 2 aliphatic carbocycles. The predicted octanol–water partition coefficient (Wildman–Crippen LogP) is 17.7. The number of fused-ring (bicyclic) bond motifs is 4. The second kappa shape index (κ2) is 17.2. The second-order valence-corrected chi connectivity index (χ2v) is 18.4. The van der Waals surface area contributed by atoms with Crippen molar-refractivity contribution in [2.75, 3.05) is 9.80 Å². The van der Waals surface area contributed by atoms with Gasteiger partial charge in [0.15, 0.2) is 5.58 Å². The van der Waals surface area contributed by atoms with E-state index < -0.39 is 0 Å². The van der Waals surface area contributed by atoms with E-state index in [0.717, 1.165) is 96.2 Å². The number of phenols is 2. The van der Waals surface area contributed by atoms with E-state index in [4.69, 9.17) is 4.42 Å². The van der Waals surface area contributed by atoms with Crippen molar-refractivity contribution in [3.63, 3.8) is 0 Å². The van der Waals surface area contributed by atoms with Crippen LogP contribution in [0.4, 0.5) is 34.1 Å². The Bertz CT molecular complexity index is 3420. The number of benzene rings is 9. The van der Waals surface area contributed by atoms with Crippen LogP contribution in [0.1, 0.15) is 74.3 Å². The zero-order valence-electron chi connectivity index (χ0n) is 37.5. The highest BCUT2D eigenvalue weighted by Gasteiger charge is 2.31. The van der Waals surface area contributed by atoms with Gasteiger partial charge in [0.2, 0.25) is 0 Å². The quantitative estimate of drug-likeness (QED) is 0.134. The zero-order chi connectivity index (χ0) is 44.8. The summed E-state index contributed by atoms with van der Waals surface area (Å²) >= 11 is 0. The normalized spacial score (nSPS) is 14.4. The molecular weight excluding hydrogens is 821 g/mol. The number of nitrogens with zero attached hydrogens (tertiary/aromatic N) is 2. The first-order valence-electron chi connectivity index (χ1n) is 24.0. The van der Waals surface area contributed by atoms with Crippen LogP contribution >= 0.6 is 0 Å². The molecule has 0 bridgehead atoms. The van der Waals surface area contributed by atoms with E-state index in [2.05, 4.69) is 155 Å². The molecule has 5 heteroatoms. The molecule has 0 unspecified atom stereocenters. The Morgan fingerprint density at radius 3 is 1.67 bits per heavy atom. The number of anilines is 6. The van der Waals surface area contributed by atoms with Gasteiger partial charge in [0.05, 0.1) is 22.4 Å². The Kier molecular flexibility index (Phi) is 10.5. The number of rotatable bonds is 10. The minimum Gasteiger partial charge on any atom is -0.507 e. The van der Waals surface area contributed by atoms with Crippen LogP contribution < -0.4 is 9.80 Å². The molecule has 9 aromatic carbocycles. The lowest BCUT2D eigenvalue weighted by atomic mass is 9.92. The lowest BCUT2D eigenvalue weighted by Crippen LogP contribution is -2.14. The number of aromatic hydroxyl groups is 2. The Morgan fingerprint density at radius 2 is 0.955 bits per heavy atom. The number of hydrogen-bond acceptors (Lipinski definition) is 5. The summed E-state index contributed by atoms with van der Waals surface area (Å²) in [6, 6.07) is 67.4. The summed E-state index contributed by atoms with van der Waals surface area (Å²) in [5.74, 6) is 1.51. The van der Waals surface area contributed by atoms with Crippen molar-refractivity contribution in [2.45, 2.75) is 63.2 Å². The van der Waals surface area contributed by atoms with E-state index in [1.165, 1.54) is 44.1 Å². The largest absolute Gasteiger partial charge is 0.507 e. The van der Waals surface area contributed by atoms with Crippen molar-refractivity contribution < 1.29 is 14.6 Å². The lowest BCUT2D eigenvalue weighted by Gasteiger charge is -2.32. The van der Waals surface area contributed by atoms with Crippen LogP contribution in [0.15, 0.2) is 199 Å². The molecule has 328 valence electrons. The second-order valence-electron chi connectivity index (χ2n) is 18.4. The van der Waals surface area contributed by atoms with Gasteiger partial charge in [0.25, 0.3) is 0 Å². The van der Waals surface area contributed by atoms with E-state index >= 15 is 0 Å². The molecule has 12 rings (SSSR count). The maximum atomic E-state index is 12.7. The molecule has 2 saturated carbocycles. The lowest BCUT2D eigenvalue weighted by molar-refractivity contribution is 0.463. The fourth-order valence-electron chi connectivity index (χ4n) is 11.3. The van der Waals surface area contributed by atoms with Crippen LogP contribution in [0.25, 0.3) is 55.0 Å². The third-order valence-electron chi connectivity index (χ3n) is 14.5. The van der Waals surface area contributed by atoms with E-state index in [9.17, 15) is 10.2 Å². The molecule has 1 aromatic heterocycles. The average Bonchev–Trinajstić information content (AvgIpc) is 4.20. The van der Waals surface area contributed by atoms with Crippen molar-refractivity contribution in [3.05, 3.63) is 205 Å². The Labute approximate surface area is 391 Å². The summed E-state index contributed by atoms with van der Waals surface area (Å²) in [6.07, 6.45) is 9.56. The van der Waals surface area contributed by atoms with Gasteiger partial charge in [-0.3, -0.25) is 0 Å². The summed E-state index contributed by atoms with van der Waals surface area (Å²) in [4.78, 5) is 4.53. The van der Waals surface area contributed by atoms with Gasteiger partial charge >= 0.3 is 0 Å². The summed E-state index contributed by atoms with van der Waals surface area (Å²) in [6.45, 7) is 0.